The lowest BCUT2D eigenvalue weighted by Crippen LogP contribution is -2.39. The molecule has 0 aliphatic carbocycles. The summed E-state index contributed by atoms with van der Waals surface area (Å²) in [6.45, 7) is 22.5. The first-order chi connectivity index (χ1) is 47.9. The highest BCUT2D eigenvalue weighted by molar-refractivity contribution is 5.96. The van der Waals surface area contributed by atoms with Crippen molar-refractivity contribution in [2.45, 2.75) is 210 Å². The Hall–Kier alpha value is -7.24. The quantitative estimate of drug-likeness (QED) is 0.0513. The van der Waals surface area contributed by atoms with Crippen molar-refractivity contribution in [3.63, 3.8) is 0 Å². The fourth-order valence-electron chi connectivity index (χ4n) is 14.4. The van der Waals surface area contributed by atoms with Gasteiger partial charge in [-0.05, 0) is 66.4 Å². The van der Waals surface area contributed by atoms with Crippen LogP contribution < -0.4 is 31.4 Å². The average Bonchev–Trinajstić information content (AvgIpc) is 1.66. The molecule has 15 rings (SSSR count). The third-order valence-corrected chi connectivity index (χ3v) is 19.1. The second kappa shape index (κ2) is 32.8. The molecule has 8 saturated heterocycles. The maximum absolute atomic E-state index is 11.6. The van der Waals surface area contributed by atoms with E-state index in [2.05, 4.69) is 82.2 Å². The van der Waals surface area contributed by atoms with Gasteiger partial charge in [-0.2, -0.15) is 10.2 Å². The summed E-state index contributed by atoms with van der Waals surface area (Å²) in [7, 11) is 1.53. The summed E-state index contributed by atoms with van der Waals surface area (Å²) in [5, 5.41) is 73.1. The number of aromatic amines is 4. The van der Waals surface area contributed by atoms with E-state index in [1.54, 1.807) is 33.0 Å². The number of H-pyrrole nitrogens is 4. The van der Waals surface area contributed by atoms with Gasteiger partial charge in [-0.3, -0.25) is 24.2 Å². The number of nitriles is 1. The van der Waals surface area contributed by atoms with Gasteiger partial charge in [0, 0.05) is 81.5 Å². The van der Waals surface area contributed by atoms with E-state index in [0.717, 1.165) is 56.3 Å². The Balaban J connectivity index is 0.000000131. The number of fused-ring (bicyclic) bond motifs is 6. The molecule has 100 heavy (non-hydrogen) atoms. The number of anilines is 1. The summed E-state index contributed by atoms with van der Waals surface area (Å²) < 4.78 is 47.4. The first-order valence-electron chi connectivity index (χ1n) is 34.0. The fraction of sp³-hybridized carbons (Fsp3) is 0.618. The third-order valence-electron chi connectivity index (χ3n) is 19.1. The number of carbonyl (C=O) groups is 1. The molecule has 32 nitrogen and oxygen atoms in total. The second-order valence-electron chi connectivity index (χ2n) is 27.1. The molecule has 8 aliphatic heterocycles. The number of aldehydes is 1. The highest BCUT2D eigenvalue weighted by atomic mass is 16.8. The Morgan fingerprint density at radius 2 is 1.23 bits per heavy atom. The number of rotatable bonds is 15. The van der Waals surface area contributed by atoms with Gasteiger partial charge >= 0.3 is 0 Å². The van der Waals surface area contributed by atoms with Crippen LogP contribution >= 0.6 is 0 Å². The zero-order chi connectivity index (χ0) is 71.8. The largest absolute Gasteiger partial charge is 0.479 e. The minimum absolute atomic E-state index is 0.137. The molecule has 8 fully saturated rings. The summed E-state index contributed by atoms with van der Waals surface area (Å²) in [4.78, 5) is 67.0. The van der Waals surface area contributed by atoms with Crippen LogP contribution in [0.5, 0.6) is 5.88 Å². The van der Waals surface area contributed by atoms with Crippen LogP contribution in [0.2, 0.25) is 0 Å². The number of β-amino-alcohol motifs (C(OH)–C–C–N with tert-alkyl or cyclic N) is 2. The van der Waals surface area contributed by atoms with Crippen LogP contribution in [0.3, 0.4) is 0 Å². The van der Waals surface area contributed by atoms with Crippen LogP contribution in [0.15, 0.2) is 77.5 Å². The number of likely N-dealkylation sites (tertiary alicyclic amines) is 2. The predicted octanol–water partition coefficient (Wildman–Crippen LogP) is 1.63. The molecule has 0 amide bonds. The van der Waals surface area contributed by atoms with Crippen molar-refractivity contribution in [1.29, 1.82) is 5.26 Å². The predicted molar refractivity (Wildman–Crippen MR) is 365 cm³/mol. The number of hydrogen-bond acceptors (Lipinski definition) is 27. The summed E-state index contributed by atoms with van der Waals surface area (Å²) in [5.74, 6) is -0.779. The fourth-order valence-corrected chi connectivity index (χ4v) is 14.4. The van der Waals surface area contributed by atoms with Crippen LogP contribution in [0.4, 0.5) is 5.69 Å². The number of benzene rings is 1. The first-order valence-corrected chi connectivity index (χ1v) is 34.0. The van der Waals surface area contributed by atoms with Crippen LogP contribution in [0, 0.1) is 11.3 Å². The second-order valence-corrected chi connectivity index (χ2v) is 27.1. The molecule has 15 atom stereocenters. The van der Waals surface area contributed by atoms with Crippen molar-refractivity contribution in [2.75, 3.05) is 64.5 Å². The van der Waals surface area contributed by atoms with Gasteiger partial charge in [0.1, 0.15) is 83.4 Å². The molecule has 6 aromatic heterocycles. The standard InChI is InChI=1S/C16H15N3O3.C12H16N4O4.C11H14N4O4.C11H18N2O2.2C9H17NO2/c1-21-16-15-14(17-10-18-16)13(8-20)7-19(15)11-22-9-12-5-3-2-4-6-12;17-4-7-11(19)8(18)3-16(7)2-6-1-13-10-9(6)14-5-15-12(10)20;16-3-6-10(18)7(17)2-15(6)5-1-12-9-8(5)13-4-14-11(9)19;1-4-8-10-9(7-13(8)6-5-12)14-11(2,3)15-10;2*1-4-6-8-7(5-10-6)11-9(2,3)12-8/h2-8,10H,9,11H2,1H3;1,5,7-8,11,13,17-19H,2-4H2,(H,14,15,20);1,4,6-7,10,12,16-18H,2-3H2,(H,13,14,19);8-10H,4,6-7H2,1-3H3;2*6-8,10H,4-5H2,1-3H3/t;7-,8?,11+;6-,7?,10+;8-,9?,10+;2*6-,7?,8+/m.11111/s1. The molecular weight excluding hydrogens is 1300 g/mol. The van der Waals surface area contributed by atoms with E-state index in [4.69, 9.17) is 43.2 Å². The number of nitrogens with zero attached hydrogens (tertiary/aromatic N) is 9. The molecule has 32 heteroatoms. The molecule has 7 aromatic rings. The van der Waals surface area contributed by atoms with Crippen molar-refractivity contribution in [3.05, 3.63) is 105 Å². The first kappa shape index (κ1) is 75.4. The molecule has 5 unspecified atom stereocenters. The smallest absolute Gasteiger partial charge is 0.275 e. The van der Waals surface area contributed by atoms with Gasteiger partial charge in [-0.1, -0.05) is 51.1 Å². The van der Waals surface area contributed by atoms with Crippen molar-refractivity contribution in [3.8, 4) is 11.9 Å². The highest BCUT2D eigenvalue weighted by Crippen LogP contribution is 2.39. The molecule has 0 saturated carbocycles. The maximum Gasteiger partial charge on any atom is 0.275 e. The Kier molecular flexibility index (Phi) is 24.8. The molecular formula is C68H97N15O17. The van der Waals surface area contributed by atoms with Crippen LogP contribution in [-0.2, 0) is 53.0 Å². The van der Waals surface area contributed by atoms with E-state index in [1.807, 2.05) is 71.9 Å². The van der Waals surface area contributed by atoms with Gasteiger partial charge in [-0.15, -0.1) is 0 Å². The number of aromatic nitrogens is 9. The lowest BCUT2D eigenvalue weighted by molar-refractivity contribution is -0.161. The van der Waals surface area contributed by atoms with Crippen molar-refractivity contribution >= 4 is 45.1 Å². The van der Waals surface area contributed by atoms with E-state index in [9.17, 15) is 45.0 Å². The Morgan fingerprint density at radius 1 is 0.660 bits per heavy atom. The van der Waals surface area contributed by atoms with E-state index >= 15 is 0 Å². The van der Waals surface area contributed by atoms with Crippen molar-refractivity contribution < 1.29 is 73.3 Å². The number of methoxy groups -OCH3 is 1. The summed E-state index contributed by atoms with van der Waals surface area (Å²) in [5.41, 5.74) is 5.32. The number of carbonyl (C=O) groups excluding carboxylic acids is 1. The summed E-state index contributed by atoms with van der Waals surface area (Å²) in [6, 6.07) is 12.2. The highest BCUT2D eigenvalue weighted by Gasteiger charge is 2.52. The number of hydrogen-bond donors (Lipinski definition) is 12. The minimum atomic E-state index is -1.03. The van der Waals surface area contributed by atoms with Gasteiger partial charge in [0.25, 0.3) is 11.1 Å². The third kappa shape index (κ3) is 16.9. The van der Waals surface area contributed by atoms with E-state index in [-0.39, 0.29) is 92.4 Å². The maximum atomic E-state index is 11.6. The van der Waals surface area contributed by atoms with Gasteiger partial charge < -0.3 is 109 Å². The molecule has 8 aliphatic rings. The average molecular weight is 1400 g/mol. The molecule has 0 spiro atoms. The van der Waals surface area contributed by atoms with Gasteiger partial charge in [0.2, 0.25) is 5.88 Å². The summed E-state index contributed by atoms with van der Waals surface area (Å²) in [6.07, 6.45) is 10.5. The molecule has 14 heterocycles. The minimum Gasteiger partial charge on any atom is -0.479 e. The van der Waals surface area contributed by atoms with Crippen molar-refractivity contribution in [1.82, 2.24) is 64.9 Å². The normalized spacial score (nSPS) is 29.6. The van der Waals surface area contributed by atoms with E-state index < -0.39 is 42.3 Å². The Morgan fingerprint density at radius 3 is 1.81 bits per heavy atom. The zero-order valence-electron chi connectivity index (χ0n) is 58.2. The number of ether oxygens (including phenoxy) is 8. The van der Waals surface area contributed by atoms with Gasteiger partial charge in [-0.25, -0.2) is 15.0 Å². The molecule has 12 N–H and O–H groups in total. The van der Waals surface area contributed by atoms with Crippen molar-refractivity contribution in [2.24, 2.45) is 0 Å². The molecule has 0 radical (unpaired) electrons. The van der Waals surface area contributed by atoms with Crippen LogP contribution in [0.25, 0.3) is 33.1 Å². The Bertz CT molecular complexity index is 3930. The van der Waals surface area contributed by atoms with E-state index in [0.29, 0.717) is 88.1 Å². The number of nitrogens with one attached hydrogen (secondary N) is 6. The van der Waals surface area contributed by atoms with E-state index in [1.165, 1.54) is 26.1 Å². The number of aliphatic hydroxyl groups is 6. The molecule has 1 aromatic carbocycles. The van der Waals surface area contributed by atoms with Gasteiger partial charge in [0.15, 0.2) is 23.6 Å². The van der Waals surface area contributed by atoms with Crippen LogP contribution in [0.1, 0.15) is 103 Å². The summed E-state index contributed by atoms with van der Waals surface area (Å²) >= 11 is 0. The van der Waals surface area contributed by atoms with Gasteiger partial charge in [0.05, 0.1) is 99.4 Å². The monoisotopic (exact) mass is 1400 g/mol. The number of aliphatic hydroxyl groups excluding tert-OH is 6. The molecule has 0 bridgehead atoms. The molecule has 546 valence electrons. The SMILES string of the molecule is CC[C@@H]1[C@@H]2OC(C)(C)OC2CN1CC#N.CC[C@H]1NCC2OC(C)(C)O[C@H]21.CC[C@H]1NCC2OC(C)(C)O[C@H]21.COc1ncnc2c(C=O)cn(COCc3ccccc3)c12.O=c1[nH]cnc2c(CN3CC(O)[C@@H](O)[C@H]3CO)c[nH]c12.O=c1[nH]cnc2c(N3CC(O)[C@@H](O)[C@H]3CO)c[nH]c12. The lowest BCUT2D eigenvalue weighted by Gasteiger charge is -2.27. The Labute approximate surface area is 578 Å². The topological polar surface area (TPSA) is 424 Å². The zero-order valence-corrected chi connectivity index (χ0v) is 58.2. The van der Waals surface area contributed by atoms with Crippen LogP contribution in [-0.4, -0.2) is 259 Å². The lowest BCUT2D eigenvalue weighted by atomic mass is 10.1.